The number of β-amino-alcohol motifs (C(OH)–C–C–N with tert-alkyl or cyclic N) is 1. The first kappa shape index (κ1) is 49.3. The zero-order valence-electron chi connectivity index (χ0n) is 39.1. The number of thiophene rings is 1. The van der Waals surface area contributed by atoms with Crippen LogP contribution in [0, 0.1) is 33.1 Å². The molecule has 5 heterocycles. The number of nitrogens with zero attached hydrogens (tertiary/aromatic N) is 6. The van der Waals surface area contributed by atoms with Gasteiger partial charge in [0.1, 0.15) is 29.5 Å². The maximum Gasteiger partial charge on any atom is 0.246 e. The van der Waals surface area contributed by atoms with E-state index in [1.807, 2.05) is 87.7 Å². The average molecular weight is 956 g/mol. The van der Waals surface area contributed by atoms with Crippen molar-refractivity contribution < 1.29 is 38.2 Å². The van der Waals surface area contributed by atoms with E-state index in [0.29, 0.717) is 41.9 Å². The Bertz CT molecular complexity index is 2600. The average Bonchev–Trinajstić information content (AvgIpc) is 4.06. The van der Waals surface area contributed by atoms with E-state index in [2.05, 4.69) is 39.7 Å². The van der Waals surface area contributed by atoms with Crippen molar-refractivity contribution in [2.24, 2.45) is 10.4 Å². The molecule has 16 nitrogen and oxygen atoms in total. The third-order valence-corrected chi connectivity index (χ3v) is 13.5. The van der Waals surface area contributed by atoms with E-state index < -0.39 is 41.5 Å². The summed E-state index contributed by atoms with van der Waals surface area (Å²) < 4.78 is 18.9. The minimum absolute atomic E-state index is 0.00380. The third kappa shape index (κ3) is 11.8. The SMILES string of the molecule is Cc1ncoc1-c1ccc(CCC(=O)[C@@H]2C[C@@H](O)CN2C(=O)[C@@H](NC(=O)COCCCOCCNC(=O)C[C@@H]2N=C(c3ccc(Cl)cc3)c3c(sc(C)c3C)-n3c(C)nnc32)C(C)(C)C)cc1. The van der Waals surface area contributed by atoms with Gasteiger partial charge in [-0.25, -0.2) is 4.98 Å². The number of hydrogen-bond donors (Lipinski definition) is 3. The van der Waals surface area contributed by atoms with Crippen LogP contribution in [-0.4, -0.2) is 117 Å². The van der Waals surface area contributed by atoms with Crippen molar-refractivity contribution in [2.75, 3.05) is 39.5 Å². The number of aliphatic imine (C=N–C) groups is 1. The van der Waals surface area contributed by atoms with Gasteiger partial charge in [-0.3, -0.25) is 28.7 Å². The molecule has 1 fully saturated rings. The number of aliphatic hydroxyl groups excluding tert-OH is 1. The van der Waals surface area contributed by atoms with Gasteiger partial charge in [0.05, 0.1) is 36.6 Å². The fourth-order valence-corrected chi connectivity index (χ4v) is 9.73. The standard InChI is InChI=1S/C49H59ClN8O8S/c1-28-30(3)67-48-42(28)43(33-14-16-35(50)17-15-33)53-37(46-56-55-31(4)58(46)48)24-40(61)51-19-22-64-20-8-21-65-26-41(62)54-45(49(5,6)7)47(63)57-25-36(59)23-38(57)39(60)18-11-32-9-12-34(13-10-32)44-29(2)52-27-66-44/h9-10,12-17,27,36-38,45,59H,8,11,18-26H2,1-7H3,(H,51,61)(H,54,62)/t36-,37+,38+,45-/m1/s1. The van der Waals surface area contributed by atoms with Crippen LogP contribution in [0.25, 0.3) is 16.3 Å². The van der Waals surface area contributed by atoms with Crippen LogP contribution in [0.2, 0.25) is 5.02 Å². The van der Waals surface area contributed by atoms with Crippen molar-refractivity contribution in [3.05, 3.63) is 104 Å². The number of hydrogen-bond acceptors (Lipinski definition) is 13. The number of benzene rings is 2. The smallest absolute Gasteiger partial charge is 0.246 e. The summed E-state index contributed by atoms with van der Waals surface area (Å²) in [6.07, 6.45) is 1.89. The number of aromatic nitrogens is 4. The molecule has 0 unspecified atom stereocenters. The highest BCUT2D eigenvalue weighted by Crippen LogP contribution is 2.40. The second-order valence-electron chi connectivity index (χ2n) is 18.2. The molecule has 67 heavy (non-hydrogen) atoms. The minimum Gasteiger partial charge on any atom is -0.443 e. The first-order valence-electron chi connectivity index (χ1n) is 22.6. The van der Waals surface area contributed by atoms with Crippen molar-refractivity contribution in [1.29, 1.82) is 0 Å². The molecule has 3 amide bonds. The summed E-state index contributed by atoms with van der Waals surface area (Å²) in [5, 5.41) is 26.8. The molecule has 356 valence electrons. The van der Waals surface area contributed by atoms with Crippen molar-refractivity contribution in [1.82, 2.24) is 35.3 Å². The molecule has 0 aliphatic carbocycles. The van der Waals surface area contributed by atoms with Crippen molar-refractivity contribution in [3.63, 3.8) is 0 Å². The predicted molar refractivity (Wildman–Crippen MR) is 255 cm³/mol. The van der Waals surface area contributed by atoms with E-state index >= 15 is 0 Å². The lowest BCUT2D eigenvalue weighted by Gasteiger charge is -2.35. The van der Waals surface area contributed by atoms with Gasteiger partial charge in [0.25, 0.3) is 0 Å². The molecule has 1 saturated heterocycles. The van der Waals surface area contributed by atoms with E-state index in [9.17, 15) is 24.3 Å². The van der Waals surface area contributed by atoms with Crippen LogP contribution in [-0.2, 0) is 35.1 Å². The third-order valence-electron chi connectivity index (χ3n) is 12.1. The number of fused-ring (bicyclic) bond motifs is 3. The summed E-state index contributed by atoms with van der Waals surface area (Å²) in [5.74, 6) is 0.751. The van der Waals surface area contributed by atoms with Gasteiger partial charge in [0.15, 0.2) is 23.8 Å². The van der Waals surface area contributed by atoms with Crippen LogP contribution in [0.15, 0.2) is 64.3 Å². The van der Waals surface area contributed by atoms with Gasteiger partial charge < -0.3 is 34.5 Å². The van der Waals surface area contributed by atoms with Crippen LogP contribution in [0.3, 0.4) is 0 Å². The highest BCUT2D eigenvalue weighted by molar-refractivity contribution is 7.15. The normalized spacial score (nSPS) is 17.4. The number of halogens is 1. The van der Waals surface area contributed by atoms with Crippen LogP contribution < -0.4 is 10.6 Å². The van der Waals surface area contributed by atoms with E-state index in [1.54, 1.807) is 11.3 Å². The molecule has 18 heteroatoms. The highest BCUT2D eigenvalue weighted by Gasteiger charge is 2.44. The van der Waals surface area contributed by atoms with Crippen LogP contribution in [0.1, 0.15) is 97.0 Å². The molecule has 2 aromatic carbocycles. The van der Waals surface area contributed by atoms with Gasteiger partial charge in [-0.05, 0) is 69.2 Å². The fourth-order valence-electron chi connectivity index (χ4n) is 8.39. The van der Waals surface area contributed by atoms with E-state index in [1.165, 1.54) is 11.3 Å². The predicted octanol–water partition coefficient (Wildman–Crippen LogP) is 6.39. The number of rotatable bonds is 19. The Kier molecular flexibility index (Phi) is 15.9. The fraction of sp³-hybridized carbons (Fsp3) is 0.469. The van der Waals surface area contributed by atoms with Gasteiger partial charge in [-0.1, -0.05) is 68.8 Å². The van der Waals surface area contributed by atoms with E-state index in [-0.39, 0.29) is 63.9 Å². The van der Waals surface area contributed by atoms with Gasteiger partial charge in [0, 0.05) is 65.7 Å². The van der Waals surface area contributed by atoms with Gasteiger partial charge in [-0.15, -0.1) is 21.5 Å². The van der Waals surface area contributed by atoms with Crippen LogP contribution in [0.5, 0.6) is 0 Å². The number of carbonyl (C=O) groups excluding carboxylic acids is 4. The Balaban J connectivity index is 0.832. The molecule has 7 rings (SSSR count). The largest absolute Gasteiger partial charge is 0.443 e. The van der Waals surface area contributed by atoms with E-state index in [0.717, 1.165) is 49.1 Å². The lowest BCUT2D eigenvalue weighted by Crippen LogP contribution is -2.57. The molecule has 4 atom stereocenters. The monoisotopic (exact) mass is 954 g/mol. The summed E-state index contributed by atoms with van der Waals surface area (Å²) in [5.41, 5.74) is 5.70. The summed E-state index contributed by atoms with van der Waals surface area (Å²) in [6.45, 7) is 14.3. The minimum atomic E-state index is -0.959. The molecule has 3 aromatic heterocycles. The van der Waals surface area contributed by atoms with Crippen molar-refractivity contribution in [3.8, 4) is 16.3 Å². The van der Waals surface area contributed by atoms with Gasteiger partial charge in [0.2, 0.25) is 17.7 Å². The number of ether oxygens (including phenoxy) is 2. The maximum absolute atomic E-state index is 14.0. The molecule has 0 saturated carbocycles. The molecular weight excluding hydrogens is 896 g/mol. The molecular formula is C49H59ClN8O8S. The Morgan fingerprint density at radius 1 is 0.955 bits per heavy atom. The zero-order valence-corrected chi connectivity index (χ0v) is 40.6. The maximum atomic E-state index is 14.0. The topological polar surface area (TPSA) is 203 Å². The zero-order chi connectivity index (χ0) is 48.0. The Morgan fingerprint density at radius 3 is 2.37 bits per heavy atom. The molecule has 2 aliphatic rings. The number of ketones is 1. The number of amides is 3. The van der Waals surface area contributed by atoms with Crippen molar-refractivity contribution >= 4 is 52.2 Å². The molecule has 3 N–H and O–H groups in total. The number of aryl methyl sites for hydroxylation is 4. The van der Waals surface area contributed by atoms with Crippen molar-refractivity contribution in [2.45, 2.75) is 105 Å². The summed E-state index contributed by atoms with van der Waals surface area (Å²) in [4.78, 5) is 65.8. The highest BCUT2D eigenvalue weighted by atomic mass is 35.5. The number of oxazole rings is 1. The summed E-state index contributed by atoms with van der Waals surface area (Å²) in [7, 11) is 0. The summed E-state index contributed by atoms with van der Waals surface area (Å²) in [6, 6.07) is 12.9. The lowest BCUT2D eigenvalue weighted by molar-refractivity contribution is -0.144. The second kappa shape index (κ2) is 21.6. The first-order valence-corrected chi connectivity index (χ1v) is 23.8. The molecule has 0 radical (unpaired) electrons. The second-order valence-corrected chi connectivity index (χ2v) is 19.8. The quantitative estimate of drug-likeness (QED) is 0.0775. The molecule has 2 aliphatic heterocycles. The van der Waals surface area contributed by atoms with Crippen LogP contribution in [0.4, 0.5) is 0 Å². The molecule has 5 aromatic rings. The van der Waals surface area contributed by atoms with Crippen LogP contribution >= 0.6 is 22.9 Å². The van der Waals surface area contributed by atoms with E-state index in [4.69, 9.17) is 30.5 Å². The lowest BCUT2D eigenvalue weighted by atomic mass is 9.85. The first-order chi connectivity index (χ1) is 32.0. The number of carbonyl (C=O) groups is 4. The number of nitrogens with one attached hydrogen (secondary N) is 2. The van der Waals surface area contributed by atoms with Gasteiger partial charge >= 0.3 is 0 Å². The number of likely N-dealkylation sites (tertiary alicyclic amines) is 1. The Hall–Kier alpha value is -5.59. The van der Waals surface area contributed by atoms with Gasteiger partial charge in [-0.2, -0.15) is 0 Å². The number of aliphatic hydroxyl groups is 1. The summed E-state index contributed by atoms with van der Waals surface area (Å²) >= 11 is 7.88. The number of Topliss-reactive ketones (excluding diaryl/α,β-unsaturated/α-hetero) is 1. The Morgan fingerprint density at radius 2 is 1.67 bits per heavy atom. The molecule has 0 spiro atoms. The Labute approximate surface area is 399 Å². The molecule has 0 bridgehead atoms.